The Morgan fingerprint density at radius 2 is 1.44 bits per heavy atom. The summed E-state index contributed by atoms with van der Waals surface area (Å²) in [4.78, 5) is 17.9. The molecule has 0 saturated carbocycles. The fraction of sp³-hybridized carbons (Fsp3) is 0. The summed E-state index contributed by atoms with van der Waals surface area (Å²) in [6.07, 6.45) is 0. The molecule has 0 radical (unpaired) electrons. The zero-order valence-electron chi connectivity index (χ0n) is 13.0. The third kappa shape index (κ3) is 3.09. The highest BCUT2D eigenvalue weighted by Gasteiger charge is 2.17. The molecule has 0 aliphatic carbocycles. The fourth-order valence-corrected chi connectivity index (χ4v) is 4.04. The lowest BCUT2D eigenvalue weighted by molar-refractivity contribution is -0.384. The smallest absolute Gasteiger partial charge is 0.258 e. The van der Waals surface area contributed by atoms with Gasteiger partial charge in [0.1, 0.15) is 0 Å². The van der Waals surface area contributed by atoms with E-state index in [-0.39, 0.29) is 10.6 Å². The predicted octanol–water partition coefficient (Wildman–Crippen LogP) is 6.11. The van der Waals surface area contributed by atoms with E-state index in [1.165, 1.54) is 6.07 Å². The van der Waals surface area contributed by atoms with E-state index in [2.05, 4.69) is 0 Å². The van der Waals surface area contributed by atoms with Gasteiger partial charge in [-0.25, -0.2) is 4.98 Å². The molecule has 0 saturated heterocycles. The summed E-state index contributed by atoms with van der Waals surface area (Å²) < 4.78 is 0. The molecule has 0 amide bonds. The van der Waals surface area contributed by atoms with Crippen molar-refractivity contribution in [3.05, 3.63) is 81.5 Å². The van der Waals surface area contributed by atoms with Crippen molar-refractivity contribution in [2.45, 2.75) is 0 Å². The number of thiophene rings is 2. The summed E-state index contributed by atoms with van der Waals surface area (Å²) in [6.45, 7) is 0. The van der Waals surface area contributed by atoms with Crippen LogP contribution in [0.2, 0.25) is 0 Å². The van der Waals surface area contributed by atoms with Gasteiger partial charge >= 0.3 is 0 Å². The van der Waals surface area contributed by atoms with E-state index in [1.54, 1.807) is 34.8 Å². The first-order valence-electron chi connectivity index (χ1n) is 7.56. The molecule has 0 N–H and O–H groups in total. The van der Waals surface area contributed by atoms with Gasteiger partial charge < -0.3 is 0 Å². The van der Waals surface area contributed by atoms with Crippen LogP contribution in [0.5, 0.6) is 0 Å². The fourth-order valence-electron chi connectivity index (χ4n) is 2.66. The van der Waals surface area contributed by atoms with Gasteiger partial charge in [0.25, 0.3) is 5.69 Å². The number of aromatic nitrogens is 1. The second kappa shape index (κ2) is 6.58. The maximum atomic E-state index is 11.4. The van der Waals surface area contributed by atoms with Crippen LogP contribution >= 0.6 is 22.7 Å². The topological polar surface area (TPSA) is 56.0 Å². The van der Waals surface area contributed by atoms with Crippen molar-refractivity contribution in [3.63, 3.8) is 0 Å². The van der Waals surface area contributed by atoms with Crippen LogP contribution in [0.3, 0.4) is 0 Å². The van der Waals surface area contributed by atoms with Crippen LogP contribution in [0.4, 0.5) is 5.69 Å². The van der Waals surface area contributed by atoms with Gasteiger partial charge in [-0.3, -0.25) is 10.1 Å². The van der Waals surface area contributed by atoms with Crippen molar-refractivity contribution < 1.29 is 4.92 Å². The predicted molar refractivity (Wildman–Crippen MR) is 103 cm³/mol. The summed E-state index contributed by atoms with van der Waals surface area (Å²) >= 11 is 3.21. The highest BCUT2D eigenvalue weighted by atomic mass is 32.1. The maximum absolute atomic E-state index is 11.4. The molecule has 0 spiro atoms. The third-order valence-corrected chi connectivity index (χ3v) is 5.57. The van der Waals surface area contributed by atoms with Crippen LogP contribution in [0.25, 0.3) is 32.3 Å². The van der Waals surface area contributed by atoms with Gasteiger partial charge in [-0.1, -0.05) is 24.3 Å². The molecular formula is C19H12N2O2S2. The molecule has 0 aliphatic rings. The number of rotatable bonds is 4. The van der Waals surface area contributed by atoms with Gasteiger partial charge in [-0.2, -0.15) is 0 Å². The molecule has 4 nitrogen and oxygen atoms in total. The number of para-hydroxylation sites is 1. The van der Waals surface area contributed by atoms with Gasteiger partial charge in [-0.15, -0.1) is 22.7 Å². The highest BCUT2D eigenvalue weighted by molar-refractivity contribution is 7.13. The largest absolute Gasteiger partial charge is 0.277 e. The van der Waals surface area contributed by atoms with Crippen molar-refractivity contribution in [2.75, 3.05) is 0 Å². The zero-order valence-corrected chi connectivity index (χ0v) is 14.6. The minimum Gasteiger partial charge on any atom is -0.258 e. The molecule has 4 rings (SSSR count). The quantitative estimate of drug-likeness (QED) is 0.324. The first-order chi connectivity index (χ1) is 12.2. The van der Waals surface area contributed by atoms with Crippen LogP contribution in [0.1, 0.15) is 0 Å². The van der Waals surface area contributed by atoms with E-state index < -0.39 is 0 Å². The van der Waals surface area contributed by atoms with Crippen LogP contribution in [0.15, 0.2) is 71.4 Å². The normalized spacial score (nSPS) is 10.7. The Morgan fingerprint density at radius 1 is 0.840 bits per heavy atom. The first kappa shape index (κ1) is 15.7. The number of hydrogen-bond donors (Lipinski definition) is 0. The minimum atomic E-state index is -0.342. The van der Waals surface area contributed by atoms with Gasteiger partial charge in [0.05, 0.1) is 31.6 Å². The highest BCUT2D eigenvalue weighted by Crippen LogP contribution is 2.36. The van der Waals surface area contributed by atoms with E-state index in [1.807, 2.05) is 53.2 Å². The number of pyridine rings is 1. The average molecular weight is 364 g/mol. The Bertz CT molecular complexity index is 973. The number of nitro benzene ring substituents is 1. The molecule has 1 aromatic carbocycles. The second-order valence-corrected chi connectivity index (χ2v) is 7.25. The molecule has 122 valence electrons. The van der Waals surface area contributed by atoms with Gasteiger partial charge in [0.15, 0.2) is 0 Å². The maximum Gasteiger partial charge on any atom is 0.277 e. The van der Waals surface area contributed by atoms with Gasteiger partial charge in [0, 0.05) is 6.07 Å². The monoisotopic (exact) mass is 364 g/mol. The van der Waals surface area contributed by atoms with Crippen molar-refractivity contribution in [3.8, 4) is 32.3 Å². The van der Waals surface area contributed by atoms with Crippen molar-refractivity contribution in [1.82, 2.24) is 4.98 Å². The van der Waals surface area contributed by atoms with Crippen LogP contribution < -0.4 is 0 Å². The van der Waals surface area contributed by atoms with Crippen molar-refractivity contribution in [2.24, 2.45) is 0 Å². The van der Waals surface area contributed by atoms with Crippen LogP contribution in [-0.4, -0.2) is 9.91 Å². The van der Waals surface area contributed by atoms with Crippen LogP contribution in [-0.2, 0) is 0 Å². The minimum absolute atomic E-state index is 0.1000. The molecule has 6 heteroatoms. The number of nitrogens with zero attached hydrogens (tertiary/aromatic N) is 2. The summed E-state index contributed by atoms with van der Waals surface area (Å²) in [5.74, 6) is 0. The molecule has 25 heavy (non-hydrogen) atoms. The van der Waals surface area contributed by atoms with Gasteiger partial charge in [0.2, 0.25) is 0 Å². The van der Waals surface area contributed by atoms with E-state index >= 15 is 0 Å². The van der Waals surface area contributed by atoms with Gasteiger partial charge in [-0.05, 0) is 46.7 Å². The molecular weight excluding hydrogens is 352 g/mol. The molecule has 3 heterocycles. The van der Waals surface area contributed by atoms with Crippen molar-refractivity contribution >= 4 is 28.4 Å². The number of hydrogen-bond acceptors (Lipinski definition) is 5. The summed E-state index contributed by atoms with van der Waals surface area (Å²) in [7, 11) is 0. The lowest BCUT2D eigenvalue weighted by Gasteiger charge is -2.08. The van der Waals surface area contributed by atoms with Crippen molar-refractivity contribution in [1.29, 1.82) is 0 Å². The Hall–Kier alpha value is -2.83. The summed E-state index contributed by atoms with van der Waals surface area (Å²) in [6, 6.07) is 18.6. The third-order valence-electron chi connectivity index (χ3n) is 3.78. The van der Waals surface area contributed by atoms with E-state index in [0.717, 1.165) is 26.7 Å². The Morgan fingerprint density at radius 3 is 1.96 bits per heavy atom. The average Bonchev–Trinajstić information content (AvgIpc) is 3.35. The molecule has 0 aliphatic heterocycles. The Labute approximate surface area is 152 Å². The SMILES string of the molecule is O=[N+]([O-])c1ccccc1-c1cc(-c2cccs2)nc(-c2cccs2)c1. The number of benzene rings is 1. The Kier molecular flexibility index (Phi) is 4.13. The molecule has 0 fully saturated rings. The van der Waals surface area contributed by atoms with E-state index in [0.29, 0.717) is 5.56 Å². The molecule has 3 aromatic heterocycles. The molecule has 0 atom stereocenters. The lowest BCUT2D eigenvalue weighted by Crippen LogP contribution is -1.93. The molecule has 0 unspecified atom stereocenters. The lowest BCUT2D eigenvalue weighted by atomic mass is 10.0. The zero-order chi connectivity index (χ0) is 17.2. The molecule has 0 bridgehead atoms. The first-order valence-corrected chi connectivity index (χ1v) is 9.32. The number of nitro groups is 1. The van der Waals surface area contributed by atoms with E-state index in [9.17, 15) is 10.1 Å². The van der Waals surface area contributed by atoms with E-state index in [4.69, 9.17) is 4.98 Å². The van der Waals surface area contributed by atoms with Crippen LogP contribution in [0, 0.1) is 10.1 Å². The summed E-state index contributed by atoms with van der Waals surface area (Å²) in [5, 5.41) is 15.4. The summed E-state index contributed by atoms with van der Waals surface area (Å²) in [5.41, 5.74) is 3.16. The molecule has 4 aromatic rings. The Balaban J connectivity index is 1.95. The standard InChI is InChI=1S/C19H12N2O2S2/c22-21(23)17-6-2-1-5-14(17)13-11-15(18-7-3-9-24-18)20-16(12-13)19-8-4-10-25-19/h1-12H. The second-order valence-electron chi connectivity index (χ2n) is 5.36.